The minimum absolute atomic E-state index is 0.109. The van der Waals surface area contributed by atoms with Crippen molar-refractivity contribution >= 4 is 39.2 Å². The van der Waals surface area contributed by atoms with Gasteiger partial charge in [-0.05, 0) is 99.9 Å². The van der Waals surface area contributed by atoms with Crippen molar-refractivity contribution in [3.63, 3.8) is 0 Å². The molecule has 62 heavy (non-hydrogen) atoms. The van der Waals surface area contributed by atoms with Crippen LogP contribution in [0.2, 0.25) is 0 Å². The van der Waals surface area contributed by atoms with Crippen LogP contribution < -0.4 is 0 Å². The molecular formula is C60H46N2. The zero-order chi connectivity index (χ0) is 42.2. The van der Waals surface area contributed by atoms with Gasteiger partial charge in [-0.1, -0.05) is 216 Å². The number of allylic oxidation sites excluding steroid dienone is 1. The minimum atomic E-state index is -0.150. The second-order valence-electron chi connectivity index (χ2n) is 17.9. The molecular weight excluding hydrogens is 749 g/mol. The number of hydrogen-bond acceptors (Lipinski definition) is 2. The molecule has 11 rings (SSSR count). The lowest BCUT2D eigenvalue weighted by Gasteiger charge is -2.23. The second kappa shape index (κ2) is 14.4. The van der Waals surface area contributed by atoms with Crippen molar-refractivity contribution < 1.29 is 0 Å². The van der Waals surface area contributed by atoms with Crippen LogP contribution in [0.1, 0.15) is 66.6 Å². The first-order chi connectivity index (χ1) is 30.2. The van der Waals surface area contributed by atoms with Crippen molar-refractivity contribution in [2.24, 2.45) is 4.99 Å². The van der Waals surface area contributed by atoms with Gasteiger partial charge in [-0.25, -0.2) is 0 Å². The van der Waals surface area contributed by atoms with Gasteiger partial charge in [-0.2, -0.15) is 0 Å². The Kier molecular flexibility index (Phi) is 8.70. The van der Waals surface area contributed by atoms with Gasteiger partial charge in [0, 0.05) is 28.2 Å². The first-order valence-corrected chi connectivity index (χ1v) is 21.6. The lowest BCUT2D eigenvalue weighted by Crippen LogP contribution is -2.15. The minimum Gasteiger partial charge on any atom is -0.300 e. The number of fused-ring (bicyclic) bond motifs is 9. The summed E-state index contributed by atoms with van der Waals surface area (Å²) < 4.78 is 0. The fourth-order valence-corrected chi connectivity index (χ4v) is 10.6. The van der Waals surface area contributed by atoms with Crippen molar-refractivity contribution in [2.75, 3.05) is 0 Å². The Labute approximate surface area is 364 Å². The standard InChI is InChI=1S/C60H46N2/c1-59(2)51-25-13-12-22-48(51)57-49(24-15-26-52(57)59)54(61)36-55(62-37-38-16-6-5-7-17-38)47-35-34-42(45-20-10-11-21-46(45)47)40-28-30-41(31-29-40)43-23-14-27-53-56(43)50-33-32-39-18-8-9-19-44(39)58(50)60(53,3)4/h5-37,61H,1-4H3/b55-36-,61-54?,62-37?. The topological polar surface area (TPSA) is 36.2 Å². The van der Waals surface area contributed by atoms with Crippen molar-refractivity contribution in [1.82, 2.24) is 0 Å². The first kappa shape index (κ1) is 37.6. The lowest BCUT2D eigenvalue weighted by atomic mass is 9.80. The maximum atomic E-state index is 9.70. The van der Waals surface area contributed by atoms with Crippen molar-refractivity contribution in [2.45, 2.75) is 38.5 Å². The molecule has 0 amide bonds. The number of hydrogen-bond donors (Lipinski definition) is 1. The van der Waals surface area contributed by atoms with Crippen molar-refractivity contribution in [3.8, 4) is 44.5 Å². The molecule has 1 N–H and O–H groups in total. The van der Waals surface area contributed by atoms with Gasteiger partial charge in [-0.15, -0.1) is 0 Å². The number of aliphatic imine (C=N–C) groups is 1. The quantitative estimate of drug-likeness (QED) is 0.156. The smallest absolute Gasteiger partial charge is 0.0729 e. The highest BCUT2D eigenvalue weighted by Gasteiger charge is 2.39. The van der Waals surface area contributed by atoms with Gasteiger partial charge in [0.05, 0.1) is 11.4 Å². The normalized spacial score (nSPS) is 14.5. The van der Waals surface area contributed by atoms with E-state index in [9.17, 15) is 5.41 Å². The molecule has 0 atom stereocenters. The molecule has 9 aromatic rings. The maximum absolute atomic E-state index is 9.70. The summed E-state index contributed by atoms with van der Waals surface area (Å²) in [6, 6.07) is 67.6. The number of rotatable bonds is 7. The van der Waals surface area contributed by atoms with Gasteiger partial charge < -0.3 is 5.41 Å². The Morgan fingerprint density at radius 3 is 1.82 bits per heavy atom. The molecule has 296 valence electrons. The molecule has 0 radical (unpaired) electrons. The third kappa shape index (κ3) is 5.85. The molecule has 0 bridgehead atoms. The molecule has 0 aromatic heterocycles. The molecule has 2 aliphatic carbocycles. The summed E-state index contributed by atoms with van der Waals surface area (Å²) in [4.78, 5) is 5.16. The second-order valence-corrected chi connectivity index (χ2v) is 17.9. The molecule has 0 unspecified atom stereocenters. The predicted octanol–water partition coefficient (Wildman–Crippen LogP) is 15.5. The average molecular weight is 795 g/mol. The van der Waals surface area contributed by atoms with E-state index in [1.165, 1.54) is 60.8 Å². The summed E-state index contributed by atoms with van der Waals surface area (Å²) in [5, 5.41) is 14.6. The molecule has 0 saturated heterocycles. The van der Waals surface area contributed by atoms with Crippen LogP contribution in [0.25, 0.3) is 71.7 Å². The SMILES string of the molecule is CC1(C)c2ccccc2-c2c(C(=N)/C=C(\N=Cc3ccccc3)c3ccc(-c4ccc(-c5cccc6c5-c5ccc7ccccc7c5C6(C)C)cc4)c4ccccc34)cccc21. The van der Waals surface area contributed by atoms with Crippen molar-refractivity contribution in [1.29, 1.82) is 5.41 Å². The van der Waals surface area contributed by atoms with Crippen LogP contribution in [-0.4, -0.2) is 11.9 Å². The van der Waals surface area contributed by atoms with E-state index in [0.717, 1.165) is 49.9 Å². The van der Waals surface area contributed by atoms with Crippen LogP contribution in [-0.2, 0) is 10.8 Å². The molecule has 0 fully saturated rings. The molecule has 2 nitrogen and oxygen atoms in total. The summed E-state index contributed by atoms with van der Waals surface area (Å²) in [5.74, 6) is 0. The summed E-state index contributed by atoms with van der Waals surface area (Å²) in [5.41, 5.74) is 19.0. The van der Waals surface area contributed by atoms with E-state index in [1.807, 2.05) is 30.5 Å². The monoisotopic (exact) mass is 794 g/mol. The van der Waals surface area contributed by atoms with Crippen LogP contribution >= 0.6 is 0 Å². The van der Waals surface area contributed by atoms with Crippen molar-refractivity contribution in [3.05, 3.63) is 233 Å². The molecule has 2 heteroatoms. The van der Waals surface area contributed by atoms with Crippen LogP contribution in [0, 0.1) is 5.41 Å². The predicted molar refractivity (Wildman–Crippen MR) is 263 cm³/mol. The molecule has 0 aliphatic heterocycles. The van der Waals surface area contributed by atoms with Gasteiger partial charge in [0.1, 0.15) is 0 Å². The molecule has 0 saturated carbocycles. The summed E-state index contributed by atoms with van der Waals surface area (Å²) in [7, 11) is 0. The van der Waals surface area contributed by atoms with Gasteiger partial charge >= 0.3 is 0 Å². The molecule has 2 aliphatic rings. The van der Waals surface area contributed by atoms with E-state index in [4.69, 9.17) is 4.99 Å². The van der Waals surface area contributed by atoms with Gasteiger partial charge in [0.2, 0.25) is 0 Å². The van der Waals surface area contributed by atoms with E-state index in [0.29, 0.717) is 5.71 Å². The van der Waals surface area contributed by atoms with E-state index in [2.05, 4.69) is 198 Å². The fraction of sp³-hybridized carbons (Fsp3) is 0.100. The Morgan fingerprint density at radius 1 is 0.435 bits per heavy atom. The zero-order valence-corrected chi connectivity index (χ0v) is 35.5. The molecule has 0 heterocycles. The largest absolute Gasteiger partial charge is 0.300 e. The fourth-order valence-electron chi connectivity index (χ4n) is 10.6. The van der Waals surface area contributed by atoms with Crippen LogP contribution in [0.4, 0.5) is 0 Å². The van der Waals surface area contributed by atoms with Gasteiger partial charge in [-0.3, -0.25) is 4.99 Å². The summed E-state index contributed by atoms with van der Waals surface area (Å²) >= 11 is 0. The highest BCUT2D eigenvalue weighted by atomic mass is 14.7. The Hall–Kier alpha value is -7.42. The third-order valence-electron chi connectivity index (χ3n) is 13.6. The number of nitrogens with zero attached hydrogens (tertiary/aromatic N) is 1. The summed E-state index contributed by atoms with van der Waals surface area (Å²) in [6.07, 6.45) is 3.87. The molecule has 0 spiro atoms. The van der Waals surface area contributed by atoms with E-state index < -0.39 is 0 Å². The number of benzene rings is 9. The third-order valence-corrected chi connectivity index (χ3v) is 13.6. The van der Waals surface area contributed by atoms with Gasteiger partial charge in [0.25, 0.3) is 0 Å². The highest BCUT2D eigenvalue weighted by molar-refractivity contribution is 6.17. The lowest BCUT2D eigenvalue weighted by molar-refractivity contribution is 0.660. The number of nitrogens with one attached hydrogen (secondary N) is 1. The Bertz CT molecular complexity index is 3340. The van der Waals surface area contributed by atoms with Crippen LogP contribution in [0.5, 0.6) is 0 Å². The summed E-state index contributed by atoms with van der Waals surface area (Å²) in [6.45, 7) is 9.31. The van der Waals surface area contributed by atoms with Gasteiger partial charge in [0.15, 0.2) is 0 Å². The molecule has 9 aromatic carbocycles. The van der Waals surface area contributed by atoms with E-state index in [1.54, 1.807) is 0 Å². The Balaban J connectivity index is 1.00. The van der Waals surface area contributed by atoms with E-state index in [-0.39, 0.29) is 10.8 Å². The highest BCUT2D eigenvalue weighted by Crippen LogP contribution is 2.54. The first-order valence-electron chi connectivity index (χ1n) is 21.6. The maximum Gasteiger partial charge on any atom is 0.0729 e. The average Bonchev–Trinajstić information content (AvgIpc) is 3.70. The van der Waals surface area contributed by atoms with Crippen LogP contribution in [0.3, 0.4) is 0 Å². The Morgan fingerprint density at radius 2 is 1.03 bits per heavy atom. The zero-order valence-electron chi connectivity index (χ0n) is 35.5. The van der Waals surface area contributed by atoms with Crippen LogP contribution in [0.15, 0.2) is 199 Å². The van der Waals surface area contributed by atoms with E-state index >= 15 is 0 Å².